The van der Waals surface area contributed by atoms with E-state index in [4.69, 9.17) is 23.2 Å². The van der Waals surface area contributed by atoms with E-state index in [1.807, 2.05) is 48.0 Å². The lowest BCUT2D eigenvalue weighted by Gasteiger charge is -2.17. The summed E-state index contributed by atoms with van der Waals surface area (Å²) < 4.78 is 3.40. The van der Waals surface area contributed by atoms with Gasteiger partial charge in [0.25, 0.3) is 0 Å². The summed E-state index contributed by atoms with van der Waals surface area (Å²) >= 11 is 12.9. The molecule has 0 fully saturated rings. The highest BCUT2D eigenvalue weighted by molar-refractivity contribution is 6.37. The maximum absolute atomic E-state index is 13.7. The predicted molar refractivity (Wildman–Crippen MR) is 145 cm³/mol. The Kier molecular flexibility index (Phi) is 7.21. The molecule has 0 bridgehead atoms. The average Bonchev–Trinajstić information content (AvgIpc) is 3.56. The fraction of sp³-hybridized carbons (Fsp3) is 0.222. The average molecular weight is 534 g/mol. The third kappa shape index (κ3) is 4.82. The number of para-hydroxylation sites is 1. The van der Waals surface area contributed by atoms with Gasteiger partial charge in [0.2, 0.25) is 0 Å². The lowest BCUT2D eigenvalue weighted by atomic mass is 9.98. The van der Waals surface area contributed by atoms with Crippen LogP contribution in [0.2, 0.25) is 10.0 Å². The molecule has 8 nitrogen and oxygen atoms in total. The maximum atomic E-state index is 13.7. The first kappa shape index (κ1) is 24.9. The van der Waals surface area contributed by atoms with E-state index in [1.165, 1.54) is 0 Å². The van der Waals surface area contributed by atoms with E-state index in [0.29, 0.717) is 21.6 Å². The number of benzene rings is 2. The molecule has 188 valence electrons. The zero-order valence-electron chi connectivity index (χ0n) is 20.4. The number of tetrazole rings is 1. The van der Waals surface area contributed by atoms with Gasteiger partial charge >= 0.3 is 5.69 Å². The molecule has 0 spiro atoms. The molecule has 0 saturated carbocycles. The monoisotopic (exact) mass is 533 g/mol. The highest BCUT2D eigenvalue weighted by Crippen LogP contribution is 2.31. The fourth-order valence-electron chi connectivity index (χ4n) is 4.54. The third-order valence-electron chi connectivity index (χ3n) is 6.48. The molecule has 0 radical (unpaired) electrons. The minimum absolute atomic E-state index is 0.176. The van der Waals surface area contributed by atoms with Gasteiger partial charge in [-0.05, 0) is 59.5 Å². The van der Waals surface area contributed by atoms with Crippen molar-refractivity contribution in [1.82, 2.24) is 34.7 Å². The summed E-state index contributed by atoms with van der Waals surface area (Å²) in [7, 11) is 0. The molecule has 0 amide bonds. The van der Waals surface area contributed by atoms with Crippen molar-refractivity contribution in [2.45, 2.75) is 39.2 Å². The maximum Gasteiger partial charge on any atom is 0.333 e. The number of rotatable bonds is 8. The Hall–Kier alpha value is -3.75. The van der Waals surface area contributed by atoms with Crippen LogP contribution in [0.5, 0.6) is 0 Å². The molecule has 0 saturated heterocycles. The van der Waals surface area contributed by atoms with Gasteiger partial charge in [0.05, 0.1) is 21.8 Å². The van der Waals surface area contributed by atoms with E-state index >= 15 is 0 Å². The third-order valence-corrected chi connectivity index (χ3v) is 7.09. The van der Waals surface area contributed by atoms with Crippen LogP contribution in [-0.4, -0.2) is 34.7 Å². The Labute approximate surface area is 223 Å². The van der Waals surface area contributed by atoms with Gasteiger partial charge in [-0.3, -0.25) is 14.1 Å². The minimum atomic E-state index is -0.206. The molecule has 2 aromatic carbocycles. The Balaban J connectivity index is 1.54. The predicted octanol–water partition coefficient (Wildman–Crippen LogP) is 6.14. The van der Waals surface area contributed by atoms with Crippen molar-refractivity contribution in [2.75, 3.05) is 0 Å². The van der Waals surface area contributed by atoms with Crippen LogP contribution in [0.25, 0.3) is 28.2 Å². The second-order valence-corrected chi connectivity index (χ2v) is 9.60. The molecule has 3 aromatic heterocycles. The SMILES string of the molecule is CCCCc1cn(-c2c(Cl)cccc2Cl)c(=O)n1C(C)c1ccc(-c2cnccc2-c2nnn[nH]2)cc1. The standard InChI is InChI=1S/C27H25Cl2N7O/c1-3-4-6-20-16-35(25-23(28)7-5-8-24(25)29)27(37)36(20)17(2)18-9-11-19(12-10-18)22-15-30-14-13-21(22)26-31-33-34-32-26/h5,7-17H,3-4,6H2,1-2H3,(H,31,32,33,34). The summed E-state index contributed by atoms with van der Waals surface area (Å²) in [5.41, 5.74) is 4.98. The van der Waals surface area contributed by atoms with Crippen molar-refractivity contribution in [2.24, 2.45) is 0 Å². The van der Waals surface area contributed by atoms with Gasteiger partial charge < -0.3 is 0 Å². The molecule has 0 aliphatic rings. The van der Waals surface area contributed by atoms with Crippen LogP contribution >= 0.6 is 23.2 Å². The van der Waals surface area contributed by atoms with Gasteiger partial charge in [-0.1, -0.05) is 66.9 Å². The van der Waals surface area contributed by atoms with Crippen LogP contribution in [0, 0.1) is 0 Å². The zero-order valence-corrected chi connectivity index (χ0v) is 21.9. The normalized spacial score (nSPS) is 12.1. The second-order valence-electron chi connectivity index (χ2n) is 8.79. The molecule has 5 aromatic rings. The molecule has 0 aliphatic carbocycles. The van der Waals surface area contributed by atoms with E-state index in [0.717, 1.165) is 47.2 Å². The number of aromatic amines is 1. The number of pyridine rings is 1. The smallest absolute Gasteiger partial charge is 0.289 e. The first-order chi connectivity index (χ1) is 18.0. The molecular weight excluding hydrogens is 509 g/mol. The van der Waals surface area contributed by atoms with Crippen LogP contribution in [-0.2, 0) is 6.42 Å². The van der Waals surface area contributed by atoms with Crippen LogP contribution in [0.15, 0.2) is 71.9 Å². The van der Waals surface area contributed by atoms with Crippen molar-refractivity contribution >= 4 is 23.2 Å². The van der Waals surface area contributed by atoms with Crippen molar-refractivity contribution in [3.8, 4) is 28.2 Å². The summed E-state index contributed by atoms with van der Waals surface area (Å²) in [5.74, 6) is 0.571. The second kappa shape index (κ2) is 10.7. The van der Waals surface area contributed by atoms with Crippen molar-refractivity contribution in [3.05, 3.63) is 98.9 Å². The summed E-state index contributed by atoms with van der Waals surface area (Å²) in [6.45, 7) is 4.16. The van der Waals surface area contributed by atoms with E-state index in [-0.39, 0.29) is 11.7 Å². The molecule has 0 aliphatic heterocycles. The number of aromatic nitrogens is 7. The molecule has 1 unspecified atom stereocenters. The topological polar surface area (TPSA) is 94.3 Å². The van der Waals surface area contributed by atoms with E-state index in [2.05, 4.69) is 32.5 Å². The summed E-state index contributed by atoms with van der Waals surface area (Å²) in [4.78, 5) is 18.0. The summed E-state index contributed by atoms with van der Waals surface area (Å²) in [6, 6.07) is 15.0. The molecule has 3 heterocycles. The van der Waals surface area contributed by atoms with Gasteiger partial charge in [-0.2, -0.15) is 0 Å². The van der Waals surface area contributed by atoms with Gasteiger partial charge in [-0.25, -0.2) is 9.89 Å². The number of hydrogen-bond acceptors (Lipinski definition) is 5. The van der Waals surface area contributed by atoms with E-state index in [9.17, 15) is 4.79 Å². The number of aryl methyl sites for hydroxylation is 1. The van der Waals surface area contributed by atoms with Crippen LogP contribution < -0.4 is 5.69 Å². The first-order valence-corrected chi connectivity index (χ1v) is 12.8. The lowest BCUT2D eigenvalue weighted by Crippen LogP contribution is -2.27. The Morgan fingerprint density at radius 3 is 2.46 bits per heavy atom. The van der Waals surface area contributed by atoms with E-state index < -0.39 is 0 Å². The largest absolute Gasteiger partial charge is 0.333 e. The van der Waals surface area contributed by atoms with Gasteiger partial charge in [0.1, 0.15) is 0 Å². The number of imidazole rings is 1. The fourth-order valence-corrected chi connectivity index (χ4v) is 5.12. The molecule has 10 heteroatoms. The quantitative estimate of drug-likeness (QED) is 0.258. The molecule has 1 N–H and O–H groups in total. The van der Waals surface area contributed by atoms with Crippen molar-refractivity contribution in [1.29, 1.82) is 0 Å². The number of unbranched alkanes of at least 4 members (excludes halogenated alkanes) is 1. The highest BCUT2D eigenvalue weighted by atomic mass is 35.5. The number of nitrogens with zero attached hydrogens (tertiary/aromatic N) is 6. The number of nitrogens with one attached hydrogen (secondary N) is 1. The van der Waals surface area contributed by atoms with Crippen LogP contribution in [0.1, 0.15) is 44.0 Å². The minimum Gasteiger partial charge on any atom is -0.289 e. The van der Waals surface area contributed by atoms with Gasteiger partial charge in [-0.15, -0.1) is 5.10 Å². The van der Waals surface area contributed by atoms with E-state index in [1.54, 1.807) is 35.2 Å². The molecule has 1 atom stereocenters. The molecular formula is C27H25Cl2N7O. The van der Waals surface area contributed by atoms with Gasteiger partial charge in [0, 0.05) is 35.4 Å². The highest BCUT2D eigenvalue weighted by Gasteiger charge is 2.21. The zero-order chi connectivity index (χ0) is 25.9. The molecule has 37 heavy (non-hydrogen) atoms. The summed E-state index contributed by atoms with van der Waals surface area (Å²) in [5, 5.41) is 15.1. The van der Waals surface area contributed by atoms with Crippen molar-refractivity contribution in [3.63, 3.8) is 0 Å². The van der Waals surface area contributed by atoms with Crippen LogP contribution in [0.3, 0.4) is 0 Å². The Bertz CT molecular complexity index is 1550. The lowest BCUT2D eigenvalue weighted by molar-refractivity contribution is 0.575. The molecule has 5 rings (SSSR count). The Morgan fingerprint density at radius 1 is 1.03 bits per heavy atom. The number of H-pyrrole nitrogens is 1. The van der Waals surface area contributed by atoms with Crippen LogP contribution in [0.4, 0.5) is 0 Å². The number of halogens is 2. The number of hydrogen-bond donors (Lipinski definition) is 1. The van der Waals surface area contributed by atoms with Crippen molar-refractivity contribution < 1.29 is 0 Å². The van der Waals surface area contributed by atoms with Gasteiger partial charge in [0.15, 0.2) is 5.82 Å². The summed E-state index contributed by atoms with van der Waals surface area (Å²) in [6.07, 6.45) is 8.11. The Morgan fingerprint density at radius 2 is 1.78 bits per heavy atom. The first-order valence-electron chi connectivity index (χ1n) is 12.0.